The second-order valence-electron chi connectivity index (χ2n) is 3.24. The SMILES string of the molecule is CC#CC[C@@H]1CCCC[C@H]1O. The predicted octanol–water partition coefficient (Wildman–Crippen LogP) is 1.95. The van der Waals surface area contributed by atoms with Gasteiger partial charge in [-0.15, -0.1) is 11.8 Å². The van der Waals surface area contributed by atoms with Crippen molar-refractivity contribution in [1.29, 1.82) is 0 Å². The van der Waals surface area contributed by atoms with Crippen molar-refractivity contribution in [2.75, 3.05) is 0 Å². The molecule has 1 nitrogen and oxygen atoms in total. The molecule has 0 aromatic heterocycles. The Hall–Kier alpha value is -0.480. The van der Waals surface area contributed by atoms with E-state index in [4.69, 9.17) is 0 Å². The lowest BCUT2D eigenvalue weighted by atomic mass is 9.85. The van der Waals surface area contributed by atoms with Crippen molar-refractivity contribution in [2.45, 2.75) is 45.1 Å². The predicted molar refractivity (Wildman–Crippen MR) is 46.0 cm³/mol. The van der Waals surface area contributed by atoms with Crippen LogP contribution in [0.15, 0.2) is 0 Å². The molecular weight excluding hydrogens is 136 g/mol. The summed E-state index contributed by atoms with van der Waals surface area (Å²) in [6, 6.07) is 0. The van der Waals surface area contributed by atoms with Gasteiger partial charge in [0.25, 0.3) is 0 Å². The average Bonchev–Trinajstić information content (AvgIpc) is 2.03. The second-order valence-corrected chi connectivity index (χ2v) is 3.24. The Morgan fingerprint density at radius 1 is 1.36 bits per heavy atom. The van der Waals surface area contributed by atoms with Gasteiger partial charge in [0.05, 0.1) is 6.10 Å². The lowest BCUT2D eigenvalue weighted by Gasteiger charge is -2.25. The van der Waals surface area contributed by atoms with Gasteiger partial charge in [-0.2, -0.15) is 0 Å². The standard InChI is InChI=1S/C10H16O/c1-2-3-6-9-7-4-5-8-10(9)11/h9-11H,4-8H2,1H3/t9-,10-/m1/s1. The molecule has 11 heavy (non-hydrogen) atoms. The van der Waals surface area contributed by atoms with Crippen LogP contribution in [-0.2, 0) is 0 Å². The molecule has 0 saturated heterocycles. The van der Waals surface area contributed by atoms with Crippen molar-refractivity contribution in [3.05, 3.63) is 0 Å². The highest BCUT2D eigenvalue weighted by atomic mass is 16.3. The summed E-state index contributed by atoms with van der Waals surface area (Å²) in [6.07, 6.45) is 5.41. The topological polar surface area (TPSA) is 20.2 Å². The summed E-state index contributed by atoms with van der Waals surface area (Å²) in [6.45, 7) is 1.86. The van der Waals surface area contributed by atoms with Crippen LogP contribution in [0.2, 0.25) is 0 Å². The normalized spacial score (nSPS) is 30.7. The van der Waals surface area contributed by atoms with E-state index < -0.39 is 0 Å². The van der Waals surface area contributed by atoms with Crippen LogP contribution in [0, 0.1) is 17.8 Å². The van der Waals surface area contributed by atoms with E-state index in [1.165, 1.54) is 12.8 Å². The third-order valence-corrected chi connectivity index (χ3v) is 2.41. The van der Waals surface area contributed by atoms with Crippen LogP contribution >= 0.6 is 0 Å². The molecule has 1 heteroatoms. The van der Waals surface area contributed by atoms with E-state index in [0.29, 0.717) is 5.92 Å². The van der Waals surface area contributed by atoms with E-state index in [1.807, 2.05) is 6.92 Å². The minimum Gasteiger partial charge on any atom is -0.393 e. The molecular formula is C10H16O. The molecule has 0 heterocycles. The van der Waals surface area contributed by atoms with Gasteiger partial charge in [0.1, 0.15) is 0 Å². The average molecular weight is 152 g/mol. The number of hydrogen-bond acceptors (Lipinski definition) is 1. The van der Waals surface area contributed by atoms with Crippen molar-refractivity contribution in [1.82, 2.24) is 0 Å². The molecule has 1 rings (SSSR count). The fourth-order valence-corrected chi connectivity index (χ4v) is 1.66. The zero-order chi connectivity index (χ0) is 8.10. The van der Waals surface area contributed by atoms with Crippen LogP contribution in [0.5, 0.6) is 0 Å². The third-order valence-electron chi connectivity index (χ3n) is 2.41. The zero-order valence-electron chi connectivity index (χ0n) is 7.14. The van der Waals surface area contributed by atoms with Gasteiger partial charge in [-0.1, -0.05) is 12.8 Å². The summed E-state index contributed by atoms with van der Waals surface area (Å²) < 4.78 is 0. The second kappa shape index (κ2) is 4.41. The highest BCUT2D eigenvalue weighted by Crippen LogP contribution is 2.26. The first kappa shape index (κ1) is 8.62. The zero-order valence-corrected chi connectivity index (χ0v) is 7.14. The molecule has 1 aliphatic rings. The molecule has 0 aromatic carbocycles. The first-order chi connectivity index (χ1) is 5.34. The monoisotopic (exact) mass is 152 g/mol. The molecule has 1 aliphatic carbocycles. The van der Waals surface area contributed by atoms with Gasteiger partial charge >= 0.3 is 0 Å². The van der Waals surface area contributed by atoms with Crippen LogP contribution in [0.25, 0.3) is 0 Å². The lowest BCUT2D eigenvalue weighted by Crippen LogP contribution is -2.23. The van der Waals surface area contributed by atoms with Crippen LogP contribution in [0.4, 0.5) is 0 Å². The van der Waals surface area contributed by atoms with Gasteiger partial charge in [0.15, 0.2) is 0 Å². The first-order valence-corrected chi connectivity index (χ1v) is 4.42. The fraction of sp³-hybridized carbons (Fsp3) is 0.800. The van der Waals surface area contributed by atoms with Crippen LogP contribution in [-0.4, -0.2) is 11.2 Å². The van der Waals surface area contributed by atoms with Crippen molar-refractivity contribution < 1.29 is 5.11 Å². The molecule has 2 atom stereocenters. The van der Waals surface area contributed by atoms with Gasteiger partial charge in [-0.05, 0) is 25.7 Å². The summed E-state index contributed by atoms with van der Waals surface area (Å²) in [5.74, 6) is 6.37. The molecule has 0 bridgehead atoms. The molecule has 0 spiro atoms. The Morgan fingerprint density at radius 2 is 2.09 bits per heavy atom. The fourth-order valence-electron chi connectivity index (χ4n) is 1.66. The van der Waals surface area contributed by atoms with Crippen LogP contribution in [0.1, 0.15) is 39.0 Å². The van der Waals surface area contributed by atoms with Gasteiger partial charge in [0, 0.05) is 6.42 Å². The molecule has 1 fully saturated rings. The molecule has 0 aromatic rings. The Balaban J connectivity index is 2.33. The van der Waals surface area contributed by atoms with E-state index in [0.717, 1.165) is 19.3 Å². The smallest absolute Gasteiger partial charge is 0.0577 e. The largest absolute Gasteiger partial charge is 0.393 e. The quantitative estimate of drug-likeness (QED) is 0.569. The van der Waals surface area contributed by atoms with Gasteiger partial charge in [0.2, 0.25) is 0 Å². The molecule has 1 saturated carbocycles. The number of aliphatic hydroxyl groups excluding tert-OH is 1. The summed E-state index contributed by atoms with van der Waals surface area (Å²) in [5.41, 5.74) is 0. The maximum Gasteiger partial charge on any atom is 0.0577 e. The number of aliphatic hydroxyl groups is 1. The van der Waals surface area contributed by atoms with Gasteiger partial charge < -0.3 is 5.11 Å². The van der Waals surface area contributed by atoms with E-state index >= 15 is 0 Å². The van der Waals surface area contributed by atoms with Crippen LogP contribution < -0.4 is 0 Å². The maximum atomic E-state index is 9.53. The maximum absolute atomic E-state index is 9.53. The molecule has 0 aliphatic heterocycles. The van der Waals surface area contributed by atoms with Crippen molar-refractivity contribution >= 4 is 0 Å². The minimum absolute atomic E-state index is 0.0791. The van der Waals surface area contributed by atoms with E-state index in [2.05, 4.69) is 11.8 Å². The number of hydrogen-bond donors (Lipinski definition) is 1. The van der Waals surface area contributed by atoms with Gasteiger partial charge in [-0.25, -0.2) is 0 Å². The molecule has 0 radical (unpaired) electrons. The summed E-state index contributed by atoms with van der Waals surface area (Å²) in [7, 11) is 0. The van der Waals surface area contributed by atoms with Gasteiger partial charge in [-0.3, -0.25) is 0 Å². The Labute approximate surface area is 68.8 Å². The summed E-state index contributed by atoms with van der Waals surface area (Å²) in [5, 5.41) is 9.53. The minimum atomic E-state index is -0.0791. The Bertz CT molecular complexity index is 163. The van der Waals surface area contributed by atoms with E-state index in [-0.39, 0.29) is 6.10 Å². The van der Waals surface area contributed by atoms with Crippen molar-refractivity contribution in [3.8, 4) is 11.8 Å². The molecule has 0 amide bonds. The third kappa shape index (κ3) is 2.55. The summed E-state index contributed by atoms with van der Waals surface area (Å²) >= 11 is 0. The highest BCUT2D eigenvalue weighted by Gasteiger charge is 2.21. The Morgan fingerprint density at radius 3 is 2.73 bits per heavy atom. The number of rotatable bonds is 1. The molecule has 1 N–H and O–H groups in total. The van der Waals surface area contributed by atoms with E-state index in [1.54, 1.807) is 0 Å². The van der Waals surface area contributed by atoms with Crippen molar-refractivity contribution in [2.24, 2.45) is 5.92 Å². The lowest BCUT2D eigenvalue weighted by molar-refractivity contribution is 0.0725. The molecule has 62 valence electrons. The Kier molecular flexibility index (Phi) is 3.45. The van der Waals surface area contributed by atoms with Crippen molar-refractivity contribution in [3.63, 3.8) is 0 Å². The highest BCUT2D eigenvalue weighted by molar-refractivity contribution is 4.98. The van der Waals surface area contributed by atoms with E-state index in [9.17, 15) is 5.11 Å². The van der Waals surface area contributed by atoms with Crippen LogP contribution in [0.3, 0.4) is 0 Å². The molecule has 0 unspecified atom stereocenters. The summed E-state index contributed by atoms with van der Waals surface area (Å²) in [4.78, 5) is 0. The first-order valence-electron chi connectivity index (χ1n) is 4.42.